The Morgan fingerprint density at radius 1 is 1.36 bits per heavy atom. The van der Waals surface area contributed by atoms with Crippen molar-refractivity contribution >= 4 is 5.78 Å². The van der Waals surface area contributed by atoms with Gasteiger partial charge < -0.3 is 0 Å². The number of Topliss-reactive ketones (excluding diaryl/α,β-unsaturated/α-hetero) is 1. The standard InChI is InChI=1S/C8H8N2O/c9-4-7(5-10)8(11)6-2-1-3-6/h6-7H,1-3H2. The molecule has 56 valence electrons. The second-order valence-corrected chi connectivity index (χ2v) is 2.72. The van der Waals surface area contributed by atoms with Crippen LogP contribution < -0.4 is 0 Å². The van der Waals surface area contributed by atoms with E-state index in [-0.39, 0.29) is 11.7 Å². The lowest BCUT2D eigenvalue weighted by atomic mass is 9.78. The van der Waals surface area contributed by atoms with Gasteiger partial charge in [-0.15, -0.1) is 0 Å². The topological polar surface area (TPSA) is 64.7 Å². The van der Waals surface area contributed by atoms with Crippen LogP contribution in [0.15, 0.2) is 0 Å². The van der Waals surface area contributed by atoms with Crippen LogP contribution in [-0.2, 0) is 4.79 Å². The summed E-state index contributed by atoms with van der Waals surface area (Å²) in [5.41, 5.74) is 0. The molecule has 1 fully saturated rings. The predicted octanol–water partition coefficient (Wildman–Crippen LogP) is 1.02. The SMILES string of the molecule is N#CC(C#N)C(=O)C1CCC1. The van der Waals surface area contributed by atoms with E-state index in [1.165, 1.54) is 0 Å². The fraction of sp³-hybridized carbons (Fsp3) is 0.625. The van der Waals surface area contributed by atoms with Gasteiger partial charge >= 0.3 is 0 Å². The summed E-state index contributed by atoms with van der Waals surface area (Å²) >= 11 is 0. The summed E-state index contributed by atoms with van der Waals surface area (Å²) < 4.78 is 0. The molecule has 0 aromatic rings. The first kappa shape index (κ1) is 7.75. The van der Waals surface area contributed by atoms with Gasteiger partial charge in [0.2, 0.25) is 0 Å². The molecule has 0 saturated heterocycles. The zero-order chi connectivity index (χ0) is 8.27. The van der Waals surface area contributed by atoms with Crippen LogP contribution in [0.5, 0.6) is 0 Å². The molecule has 1 aliphatic rings. The third kappa shape index (κ3) is 1.38. The van der Waals surface area contributed by atoms with Gasteiger partial charge in [-0.05, 0) is 12.8 Å². The van der Waals surface area contributed by atoms with Crippen molar-refractivity contribution in [2.24, 2.45) is 11.8 Å². The van der Waals surface area contributed by atoms with Crippen molar-refractivity contribution in [2.75, 3.05) is 0 Å². The molecule has 3 nitrogen and oxygen atoms in total. The highest BCUT2D eigenvalue weighted by atomic mass is 16.1. The molecule has 1 aliphatic carbocycles. The van der Waals surface area contributed by atoms with Crippen molar-refractivity contribution < 1.29 is 4.79 Å². The average molecular weight is 148 g/mol. The third-order valence-corrected chi connectivity index (χ3v) is 2.05. The normalized spacial score (nSPS) is 16.6. The summed E-state index contributed by atoms with van der Waals surface area (Å²) in [5, 5.41) is 16.7. The molecule has 1 saturated carbocycles. The van der Waals surface area contributed by atoms with E-state index < -0.39 is 5.92 Å². The lowest BCUT2D eigenvalue weighted by Crippen LogP contribution is -2.27. The van der Waals surface area contributed by atoms with Crippen LogP contribution in [0.3, 0.4) is 0 Å². The number of ketones is 1. The lowest BCUT2D eigenvalue weighted by molar-refractivity contribution is -0.126. The zero-order valence-electron chi connectivity index (χ0n) is 6.08. The molecule has 0 spiro atoms. The summed E-state index contributed by atoms with van der Waals surface area (Å²) in [4.78, 5) is 11.1. The number of carbonyl (C=O) groups excluding carboxylic acids is 1. The first-order chi connectivity index (χ1) is 5.29. The van der Waals surface area contributed by atoms with Crippen molar-refractivity contribution in [3.63, 3.8) is 0 Å². The molecule has 0 amide bonds. The van der Waals surface area contributed by atoms with E-state index in [0.717, 1.165) is 19.3 Å². The molecule has 0 heterocycles. The molecule has 0 atom stereocenters. The number of rotatable bonds is 2. The van der Waals surface area contributed by atoms with Crippen molar-refractivity contribution in [1.29, 1.82) is 10.5 Å². The molecule has 11 heavy (non-hydrogen) atoms. The molecule has 3 heteroatoms. The van der Waals surface area contributed by atoms with Crippen LogP contribution in [-0.4, -0.2) is 5.78 Å². The Balaban J connectivity index is 2.54. The number of hydrogen-bond acceptors (Lipinski definition) is 3. The summed E-state index contributed by atoms with van der Waals surface area (Å²) in [7, 11) is 0. The second kappa shape index (κ2) is 3.16. The van der Waals surface area contributed by atoms with E-state index >= 15 is 0 Å². The van der Waals surface area contributed by atoms with E-state index in [1.54, 1.807) is 12.1 Å². The van der Waals surface area contributed by atoms with Crippen molar-refractivity contribution in [2.45, 2.75) is 19.3 Å². The summed E-state index contributed by atoms with van der Waals surface area (Å²) in [6, 6.07) is 3.38. The van der Waals surface area contributed by atoms with Crippen molar-refractivity contribution in [1.82, 2.24) is 0 Å². The molecule has 0 bridgehead atoms. The molecular formula is C8H8N2O. The third-order valence-electron chi connectivity index (χ3n) is 2.05. The van der Waals surface area contributed by atoms with E-state index in [2.05, 4.69) is 0 Å². The van der Waals surface area contributed by atoms with Gasteiger partial charge in [-0.2, -0.15) is 10.5 Å². The molecule has 0 aromatic carbocycles. The molecule has 1 rings (SSSR count). The monoisotopic (exact) mass is 148 g/mol. The second-order valence-electron chi connectivity index (χ2n) is 2.72. The minimum Gasteiger partial charge on any atom is -0.297 e. The van der Waals surface area contributed by atoms with Crippen molar-refractivity contribution in [3.8, 4) is 12.1 Å². The Hall–Kier alpha value is -1.35. The number of nitriles is 2. The number of nitrogens with zero attached hydrogens (tertiary/aromatic N) is 2. The smallest absolute Gasteiger partial charge is 0.191 e. The van der Waals surface area contributed by atoms with Gasteiger partial charge in [-0.1, -0.05) is 6.42 Å². The summed E-state index contributed by atoms with van der Waals surface area (Å²) in [5.74, 6) is -1.21. The zero-order valence-corrected chi connectivity index (χ0v) is 6.08. The van der Waals surface area contributed by atoms with Gasteiger partial charge in [-0.3, -0.25) is 4.79 Å². The van der Waals surface area contributed by atoms with Gasteiger partial charge in [-0.25, -0.2) is 0 Å². The fourth-order valence-corrected chi connectivity index (χ4v) is 1.08. The first-order valence-corrected chi connectivity index (χ1v) is 3.62. The molecule has 0 radical (unpaired) electrons. The molecule has 0 unspecified atom stereocenters. The van der Waals surface area contributed by atoms with E-state index in [4.69, 9.17) is 10.5 Å². The predicted molar refractivity (Wildman–Crippen MR) is 37.1 cm³/mol. The van der Waals surface area contributed by atoms with E-state index in [1.807, 2.05) is 0 Å². The summed E-state index contributed by atoms with van der Waals surface area (Å²) in [6.07, 6.45) is 2.78. The maximum Gasteiger partial charge on any atom is 0.191 e. The highest BCUT2D eigenvalue weighted by molar-refractivity contribution is 5.88. The van der Waals surface area contributed by atoms with Crippen LogP contribution in [0.2, 0.25) is 0 Å². The van der Waals surface area contributed by atoms with Gasteiger partial charge in [0.1, 0.15) is 0 Å². The van der Waals surface area contributed by atoms with Gasteiger partial charge in [0.15, 0.2) is 11.7 Å². The maximum absolute atomic E-state index is 11.1. The van der Waals surface area contributed by atoms with Crippen LogP contribution in [0.25, 0.3) is 0 Å². The van der Waals surface area contributed by atoms with Gasteiger partial charge in [0.05, 0.1) is 12.1 Å². The van der Waals surface area contributed by atoms with Gasteiger partial charge in [0, 0.05) is 5.92 Å². The van der Waals surface area contributed by atoms with Crippen LogP contribution in [0, 0.1) is 34.5 Å². The molecule has 0 aliphatic heterocycles. The minimum atomic E-state index is -1.03. The Kier molecular flexibility index (Phi) is 2.23. The Morgan fingerprint density at radius 2 is 1.91 bits per heavy atom. The lowest BCUT2D eigenvalue weighted by Gasteiger charge is -2.23. The number of hydrogen-bond donors (Lipinski definition) is 0. The maximum atomic E-state index is 11.1. The molecule has 0 aromatic heterocycles. The van der Waals surface area contributed by atoms with E-state index in [9.17, 15) is 4.79 Å². The number of carbonyl (C=O) groups is 1. The highest BCUT2D eigenvalue weighted by Gasteiger charge is 2.30. The largest absolute Gasteiger partial charge is 0.297 e. The minimum absolute atomic E-state index is 0.000648. The van der Waals surface area contributed by atoms with Crippen molar-refractivity contribution in [3.05, 3.63) is 0 Å². The van der Waals surface area contributed by atoms with Crippen LogP contribution in [0.4, 0.5) is 0 Å². The Labute approximate surface area is 65.2 Å². The molecule has 0 N–H and O–H groups in total. The van der Waals surface area contributed by atoms with Crippen LogP contribution in [0.1, 0.15) is 19.3 Å². The van der Waals surface area contributed by atoms with E-state index in [0.29, 0.717) is 0 Å². The first-order valence-electron chi connectivity index (χ1n) is 3.62. The Morgan fingerprint density at radius 3 is 2.18 bits per heavy atom. The van der Waals surface area contributed by atoms with Gasteiger partial charge in [0.25, 0.3) is 0 Å². The quantitative estimate of drug-likeness (QED) is 0.587. The van der Waals surface area contributed by atoms with Crippen LogP contribution >= 0.6 is 0 Å². The average Bonchev–Trinajstić information content (AvgIpc) is 1.86. The Bertz CT molecular complexity index is 228. The fourth-order valence-electron chi connectivity index (χ4n) is 1.08. The highest BCUT2D eigenvalue weighted by Crippen LogP contribution is 2.29. The summed E-state index contributed by atoms with van der Waals surface area (Å²) in [6.45, 7) is 0. The molecular weight excluding hydrogens is 140 g/mol.